The number of rotatable bonds is 6. The van der Waals surface area contributed by atoms with Gasteiger partial charge in [0.05, 0.1) is 6.10 Å². The summed E-state index contributed by atoms with van der Waals surface area (Å²) in [7, 11) is 0. The molecule has 2 heterocycles. The van der Waals surface area contributed by atoms with Crippen LogP contribution in [0.25, 0.3) is 5.65 Å². The molecule has 0 unspecified atom stereocenters. The fraction of sp³-hybridized carbons (Fsp3) is 0.500. The van der Waals surface area contributed by atoms with Gasteiger partial charge in [0.15, 0.2) is 11.5 Å². The van der Waals surface area contributed by atoms with Gasteiger partial charge in [-0.05, 0) is 26.3 Å². The van der Waals surface area contributed by atoms with Crippen LogP contribution < -0.4 is 4.74 Å². The Hall–Kier alpha value is -2.18. The Kier molecular flexibility index (Phi) is 3.94. The maximum atomic E-state index is 10.5. The molecule has 0 atom stereocenters. The highest BCUT2D eigenvalue weighted by molar-refractivity contribution is 5.66. The summed E-state index contributed by atoms with van der Waals surface area (Å²) in [6.07, 6.45) is 1.17. The van der Waals surface area contributed by atoms with E-state index in [1.165, 1.54) is 0 Å². The normalized spacial score (nSPS) is 11.1. The number of carboxylic acids is 1. The summed E-state index contributed by atoms with van der Waals surface area (Å²) in [5, 5.41) is 20.9. The Morgan fingerprint density at radius 2 is 2.21 bits per heavy atom. The molecule has 7 nitrogen and oxygen atoms in total. The maximum Gasteiger partial charge on any atom is 0.303 e. The van der Waals surface area contributed by atoms with Crippen molar-refractivity contribution in [1.82, 2.24) is 19.8 Å². The SMILES string of the molecule is CC(C)Oc1ccc2nnc(CCCC(=O)O)n2n1. The molecule has 0 aromatic carbocycles. The van der Waals surface area contributed by atoms with E-state index < -0.39 is 5.97 Å². The van der Waals surface area contributed by atoms with Crippen molar-refractivity contribution in [3.63, 3.8) is 0 Å². The van der Waals surface area contributed by atoms with Crippen LogP contribution in [-0.4, -0.2) is 37.0 Å². The summed E-state index contributed by atoms with van der Waals surface area (Å²) in [6, 6.07) is 3.52. The van der Waals surface area contributed by atoms with Crippen LogP contribution in [0.4, 0.5) is 0 Å². The van der Waals surface area contributed by atoms with Gasteiger partial charge in [-0.15, -0.1) is 15.3 Å². The first-order chi connectivity index (χ1) is 9.06. The minimum atomic E-state index is -0.814. The predicted octanol–water partition coefficient (Wildman–Crippen LogP) is 1.32. The first-order valence-corrected chi connectivity index (χ1v) is 6.16. The highest BCUT2D eigenvalue weighted by Crippen LogP contribution is 2.12. The molecule has 0 amide bonds. The van der Waals surface area contributed by atoms with Gasteiger partial charge in [-0.3, -0.25) is 4.79 Å². The molecule has 0 aliphatic rings. The molecule has 2 aromatic rings. The molecule has 1 N–H and O–H groups in total. The van der Waals surface area contributed by atoms with Crippen molar-refractivity contribution in [2.24, 2.45) is 0 Å². The summed E-state index contributed by atoms with van der Waals surface area (Å²) in [5.41, 5.74) is 0.626. The first kappa shape index (κ1) is 13.3. The van der Waals surface area contributed by atoms with Crippen LogP contribution in [0.1, 0.15) is 32.5 Å². The largest absolute Gasteiger partial charge is 0.481 e. The third-order valence-electron chi connectivity index (χ3n) is 2.45. The summed E-state index contributed by atoms with van der Waals surface area (Å²) in [5.74, 6) is 0.331. The number of fused-ring (bicyclic) bond motifs is 1. The van der Waals surface area contributed by atoms with Crippen molar-refractivity contribution in [1.29, 1.82) is 0 Å². The molecule has 0 saturated heterocycles. The minimum absolute atomic E-state index is 0.0388. The zero-order chi connectivity index (χ0) is 13.8. The van der Waals surface area contributed by atoms with Gasteiger partial charge < -0.3 is 9.84 Å². The molecule has 2 rings (SSSR count). The Morgan fingerprint density at radius 1 is 1.42 bits per heavy atom. The zero-order valence-corrected chi connectivity index (χ0v) is 10.9. The van der Waals surface area contributed by atoms with Gasteiger partial charge >= 0.3 is 5.97 Å². The molecule has 0 radical (unpaired) electrons. The first-order valence-electron chi connectivity index (χ1n) is 6.16. The lowest BCUT2D eigenvalue weighted by Gasteiger charge is -2.08. The minimum Gasteiger partial charge on any atom is -0.481 e. The third-order valence-corrected chi connectivity index (χ3v) is 2.45. The molecule has 0 fully saturated rings. The molecule has 7 heteroatoms. The molecule has 2 aromatic heterocycles. The van der Waals surface area contributed by atoms with Crippen LogP contribution in [0.15, 0.2) is 12.1 Å². The van der Waals surface area contributed by atoms with Crippen LogP contribution in [0.3, 0.4) is 0 Å². The Balaban J connectivity index is 2.17. The number of carbonyl (C=O) groups is 1. The second kappa shape index (κ2) is 5.64. The number of nitrogens with zero attached hydrogens (tertiary/aromatic N) is 4. The monoisotopic (exact) mass is 264 g/mol. The molecule has 0 aliphatic carbocycles. The molecule has 0 spiro atoms. The van der Waals surface area contributed by atoms with Crippen molar-refractivity contribution in [2.45, 2.75) is 39.2 Å². The van der Waals surface area contributed by atoms with Gasteiger partial charge in [0.25, 0.3) is 0 Å². The van der Waals surface area contributed by atoms with Crippen LogP contribution in [0.2, 0.25) is 0 Å². The van der Waals surface area contributed by atoms with Gasteiger partial charge in [0.1, 0.15) is 0 Å². The summed E-state index contributed by atoms with van der Waals surface area (Å²) >= 11 is 0. The number of aryl methyl sites for hydroxylation is 1. The van der Waals surface area contributed by atoms with E-state index in [0.717, 1.165) is 0 Å². The second-order valence-electron chi connectivity index (χ2n) is 4.47. The van der Waals surface area contributed by atoms with E-state index in [1.54, 1.807) is 16.6 Å². The predicted molar refractivity (Wildman–Crippen MR) is 67.1 cm³/mol. The summed E-state index contributed by atoms with van der Waals surface area (Å²) in [4.78, 5) is 10.5. The highest BCUT2D eigenvalue weighted by atomic mass is 16.5. The molecular weight excluding hydrogens is 248 g/mol. The van der Waals surface area contributed by atoms with E-state index in [-0.39, 0.29) is 12.5 Å². The number of ether oxygens (including phenoxy) is 1. The van der Waals surface area contributed by atoms with E-state index in [1.807, 2.05) is 13.8 Å². The van der Waals surface area contributed by atoms with Crippen molar-refractivity contribution in [3.8, 4) is 5.88 Å². The van der Waals surface area contributed by atoms with Crippen molar-refractivity contribution in [3.05, 3.63) is 18.0 Å². The number of aromatic nitrogens is 4. The van der Waals surface area contributed by atoms with Crippen LogP contribution >= 0.6 is 0 Å². The summed E-state index contributed by atoms with van der Waals surface area (Å²) < 4.78 is 7.10. The molecule has 19 heavy (non-hydrogen) atoms. The van der Waals surface area contributed by atoms with Crippen molar-refractivity contribution >= 4 is 11.6 Å². The number of hydrogen-bond acceptors (Lipinski definition) is 5. The Labute approximate surface area is 110 Å². The van der Waals surface area contributed by atoms with E-state index in [0.29, 0.717) is 30.2 Å². The van der Waals surface area contributed by atoms with Gasteiger partial charge in [0.2, 0.25) is 5.88 Å². The quantitative estimate of drug-likeness (QED) is 0.846. The van der Waals surface area contributed by atoms with E-state index in [4.69, 9.17) is 9.84 Å². The lowest BCUT2D eigenvalue weighted by atomic mass is 10.2. The lowest BCUT2D eigenvalue weighted by Crippen LogP contribution is -2.09. The topological polar surface area (TPSA) is 89.6 Å². The van der Waals surface area contributed by atoms with Crippen molar-refractivity contribution < 1.29 is 14.6 Å². The van der Waals surface area contributed by atoms with Crippen LogP contribution in [0.5, 0.6) is 5.88 Å². The van der Waals surface area contributed by atoms with Crippen molar-refractivity contribution in [2.75, 3.05) is 0 Å². The van der Waals surface area contributed by atoms with Crippen LogP contribution in [0, 0.1) is 0 Å². The smallest absolute Gasteiger partial charge is 0.303 e. The number of carboxylic acid groups (broad SMARTS) is 1. The van der Waals surface area contributed by atoms with Crippen LogP contribution in [-0.2, 0) is 11.2 Å². The number of aliphatic carboxylic acids is 1. The van der Waals surface area contributed by atoms with Gasteiger partial charge in [-0.25, -0.2) is 0 Å². The van der Waals surface area contributed by atoms with Gasteiger partial charge in [0, 0.05) is 18.9 Å². The fourth-order valence-corrected chi connectivity index (χ4v) is 1.67. The molecule has 0 bridgehead atoms. The average molecular weight is 264 g/mol. The fourth-order valence-electron chi connectivity index (χ4n) is 1.67. The maximum absolute atomic E-state index is 10.5. The average Bonchev–Trinajstić information content (AvgIpc) is 2.71. The number of hydrogen-bond donors (Lipinski definition) is 1. The second-order valence-corrected chi connectivity index (χ2v) is 4.47. The van der Waals surface area contributed by atoms with Gasteiger partial charge in [-0.1, -0.05) is 0 Å². The zero-order valence-electron chi connectivity index (χ0n) is 10.9. The molecule has 102 valence electrons. The highest BCUT2D eigenvalue weighted by Gasteiger charge is 2.09. The van der Waals surface area contributed by atoms with Gasteiger partial charge in [-0.2, -0.15) is 4.52 Å². The van der Waals surface area contributed by atoms with E-state index in [2.05, 4.69) is 15.3 Å². The van der Waals surface area contributed by atoms with E-state index in [9.17, 15) is 4.79 Å². The molecule has 0 saturated carbocycles. The molecule has 0 aliphatic heterocycles. The third kappa shape index (κ3) is 3.40. The van der Waals surface area contributed by atoms with E-state index >= 15 is 0 Å². The lowest BCUT2D eigenvalue weighted by molar-refractivity contribution is -0.137. The standard InChI is InChI=1S/C12H16N4O3/c1-8(2)19-11-7-6-10-14-13-9(16(10)15-11)4-3-5-12(17)18/h6-8H,3-5H2,1-2H3,(H,17,18). The molecular formula is C12H16N4O3. The Morgan fingerprint density at radius 3 is 2.89 bits per heavy atom. The summed E-state index contributed by atoms with van der Waals surface area (Å²) in [6.45, 7) is 3.84. The Bertz CT molecular complexity index is 579.